The molecule has 0 aliphatic heterocycles. The van der Waals surface area contributed by atoms with Crippen LogP contribution in [0.2, 0.25) is 0 Å². The van der Waals surface area contributed by atoms with Crippen molar-refractivity contribution in [1.29, 1.82) is 0 Å². The fourth-order valence-corrected chi connectivity index (χ4v) is 3.66. The molecule has 7 heteroatoms. The summed E-state index contributed by atoms with van der Waals surface area (Å²) < 4.78 is 0. The second-order valence-corrected chi connectivity index (χ2v) is 8.81. The van der Waals surface area contributed by atoms with Crippen molar-refractivity contribution in [2.24, 2.45) is 5.73 Å². The highest BCUT2D eigenvalue weighted by atomic mass is 16.3. The lowest BCUT2D eigenvalue weighted by Gasteiger charge is -2.28. The van der Waals surface area contributed by atoms with Gasteiger partial charge in [-0.2, -0.15) is 0 Å². The summed E-state index contributed by atoms with van der Waals surface area (Å²) in [5.74, 6) is -0.419. The second-order valence-electron chi connectivity index (χ2n) is 8.81. The molecule has 0 aliphatic rings. The maximum absolute atomic E-state index is 12.7. The van der Waals surface area contributed by atoms with Gasteiger partial charge in [0, 0.05) is 11.9 Å². The number of carbonyl (C=O) groups is 2. The zero-order chi connectivity index (χ0) is 23.5. The summed E-state index contributed by atoms with van der Waals surface area (Å²) in [6.45, 7) is 7.63. The molecule has 2 aromatic carbocycles. The van der Waals surface area contributed by atoms with E-state index in [0.29, 0.717) is 12.1 Å². The maximum Gasteiger partial charge on any atom is 0.269 e. The molecule has 0 spiro atoms. The Labute approximate surface area is 188 Å². The van der Waals surface area contributed by atoms with E-state index < -0.39 is 11.6 Å². The number of para-hydroxylation sites is 1. The Bertz CT molecular complexity index is 1130. The van der Waals surface area contributed by atoms with Gasteiger partial charge in [-0.1, -0.05) is 24.3 Å². The molecule has 5 N–H and O–H groups in total. The average Bonchev–Trinajstić information content (AvgIpc) is 2.73. The molecular formula is C25H30N4O3. The fraction of sp³-hybridized carbons (Fsp3) is 0.320. The van der Waals surface area contributed by atoms with Gasteiger partial charge in [0.2, 0.25) is 5.91 Å². The first-order valence-electron chi connectivity index (χ1n) is 10.6. The molecule has 7 nitrogen and oxygen atoms in total. The molecule has 0 bridgehead atoms. The monoisotopic (exact) mass is 434 g/mol. The van der Waals surface area contributed by atoms with Gasteiger partial charge in [-0.3, -0.25) is 9.59 Å². The van der Waals surface area contributed by atoms with E-state index in [0.717, 1.165) is 27.6 Å². The Hall–Kier alpha value is -3.45. The summed E-state index contributed by atoms with van der Waals surface area (Å²) in [4.78, 5) is 29.7. The van der Waals surface area contributed by atoms with E-state index in [2.05, 4.69) is 15.6 Å². The summed E-state index contributed by atoms with van der Waals surface area (Å²) in [6, 6.07) is 13.7. The van der Waals surface area contributed by atoms with Crippen LogP contribution in [0.15, 0.2) is 48.5 Å². The highest BCUT2D eigenvalue weighted by molar-refractivity contribution is 5.95. The van der Waals surface area contributed by atoms with E-state index in [9.17, 15) is 14.7 Å². The van der Waals surface area contributed by atoms with Gasteiger partial charge in [0.15, 0.2) is 0 Å². The molecule has 2 amide bonds. The molecule has 1 unspecified atom stereocenters. The minimum absolute atomic E-state index is 0.194. The Morgan fingerprint density at radius 1 is 1.09 bits per heavy atom. The van der Waals surface area contributed by atoms with Crippen molar-refractivity contribution >= 4 is 22.7 Å². The number of aromatic nitrogens is 1. The minimum Gasteiger partial charge on any atom is -0.508 e. The minimum atomic E-state index is -0.755. The summed E-state index contributed by atoms with van der Waals surface area (Å²) in [7, 11) is 0. The van der Waals surface area contributed by atoms with Crippen LogP contribution in [-0.4, -0.2) is 40.0 Å². The van der Waals surface area contributed by atoms with Crippen LogP contribution in [-0.2, 0) is 11.2 Å². The third-order valence-electron chi connectivity index (χ3n) is 5.43. The van der Waals surface area contributed by atoms with Crippen molar-refractivity contribution in [2.75, 3.05) is 6.54 Å². The molecule has 1 heterocycles. The lowest BCUT2D eigenvalue weighted by Crippen LogP contribution is -2.56. The largest absolute Gasteiger partial charge is 0.508 e. The fourth-order valence-electron chi connectivity index (χ4n) is 3.66. The van der Waals surface area contributed by atoms with Crippen LogP contribution in [0.25, 0.3) is 10.9 Å². The number of amides is 2. The van der Waals surface area contributed by atoms with E-state index in [1.54, 1.807) is 18.2 Å². The third kappa shape index (κ3) is 5.62. The smallest absolute Gasteiger partial charge is 0.269 e. The number of fused-ring (bicyclic) bond motifs is 1. The number of nitrogens with two attached hydrogens (primary N) is 1. The van der Waals surface area contributed by atoms with Crippen molar-refractivity contribution in [1.82, 2.24) is 15.6 Å². The topological polar surface area (TPSA) is 117 Å². The van der Waals surface area contributed by atoms with Gasteiger partial charge in [-0.25, -0.2) is 4.98 Å². The molecule has 168 valence electrons. The number of benzene rings is 2. The normalized spacial score (nSPS) is 12.4. The van der Waals surface area contributed by atoms with Gasteiger partial charge in [0.25, 0.3) is 5.91 Å². The first-order chi connectivity index (χ1) is 15.1. The zero-order valence-electron chi connectivity index (χ0n) is 18.9. The molecule has 3 aromatic rings. The van der Waals surface area contributed by atoms with Gasteiger partial charge in [-0.05, 0) is 75.1 Å². The van der Waals surface area contributed by atoms with Crippen molar-refractivity contribution in [2.45, 2.75) is 45.7 Å². The van der Waals surface area contributed by atoms with E-state index in [4.69, 9.17) is 5.73 Å². The number of hydrogen-bond donors (Lipinski definition) is 4. The van der Waals surface area contributed by atoms with Crippen LogP contribution in [0.4, 0.5) is 0 Å². The lowest BCUT2D eigenvalue weighted by atomic mass is 9.95. The van der Waals surface area contributed by atoms with Crippen LogP contribution in [0.1, 0.15) is 41.0 Å². The molecule has 0 fully saturated rings. The maximum atomic E-state index is 12.7. The number of nitrogens with one attached hydrogen (secondary N) is 2. The molecule has 0 saturated carbocycles. The average molecular weight is 435 g/mol. The number of aryl methyl sites for hydroxylation is 2. The molecular weight excluding hydrogens is 404 g/mol. The van der Waals surface area contributed by atoms with Crippen LogP contribution in [0, 0.1) is 13.8 Å². The van der Waals surface area contributed by atoms with Gasteiger partial charge in [-0.15, -0.1) is 0 Å². The van der Waals surface area contributed by atoms with Crippen molar-refractivity contribution in [3.63, 3.8) is 0 Å². The number of pyridine rings is 1. The Morgan fingerprint density at radius 3 is 2.44 bits per heavy atom. The quantitative estimate of drug-likeness (QED) is 0.456. The Morgan fingerprint density at radius 2 is 1.75 bits per heavy atom. The van der Waals surface area contributed by atoms with E-state index in [1.807, 2.05) is 58.0 Å². The standard InChI is InChI=1S/C25H30N4O3/c1-15-11-18(30)12-16(2)19(15)13-20(26)23(31)29-25(3,4)14-27-24(32)22-10-9-17-7-5-6-8-21(17)28-22/h5-12,20,30H,13-14,26H2,1-4H3,(H,27,32)(H,29,31). The Balaban J connectivity index is 1.58. The number of carbonyl (C=O) groups excluding carboxylic acids is 2. The lowest BCUT2D eigenvalue weighted by molar-refractivity contribution is -0.123. The highest BCUT2D eigenvalue weighted by Gasteiger charge is 2.25. The number of nitrogens with zero attached hydrogens (tertiary/aromatic N) is 1. The van der Waals surface area contributed by atoms with E-state index in [-0.39, 0.29) is 24.1 Å². The predicted octanol–water partition coefficient (Wildman–Crippen LogP) is 2.75. The number of phenolic OH excluding ortho intramolecular Hbond substituents is 1. The molecule has 32 heavy (non-hydrogen) atoms. The van der Waals surface area contributed by atoms with Crippen LogP contribution in [0.5, 0.6) is 5.75 Å². The van der Waals surface area contributed by atoms with Crippen LogP contribution < -0.4 is 16.4 Å². The SMILES string of the molecule is Cc1cc(O)cc(C)c1CC(N)C(=O)NC(C)(C)CNC(=O)c1ccc2ccccc2n1. The molecule has 0 aliphatic carbocycles. The summed E-state index contributed by atoms with van der Waals surface area (Å²) in [6.07, 6.45) is 0.354. The number of aromatic hydroxyl groups is 1. The molecule has 0 radical (unpaired) electrons. The first kappa shape index (κ1) is 23.2. The Kier molecular flexibility index (Phi) is 6.79. The van der Waals surface area contributed by atoms with Crippen molar-refractivity contribution in [3.8, 4) is 5.75 Å². The number of hydrogen-bond acceptors (Lipinski definition) is 5. The molecule has 1 aromatic heterocycles. The predicted molar refractivity (Wildman–Crippen MR) is 126 cm³/mol. The zero-order valence-corrected chi connectivity index (χ0v) is 18.9. The van der Waals surface area contributed by atoms with Crippen molar-refractivity contribution < 1.29 is 14.7 Å². The number of rotatable bonds is 7. The first-order valence-corrected chi connectivity index (χ1v) is 10.6. The van der Waals surface area contributed by atoms with Gasteiger partial charge in [0.05, 0.1) is 17.1 Å². The number of phenols is 1. The summed E-state index contributed by atoms with van der Waals surface area (Å²) >= 11 is 0. The molecule has 3 rings (SSSR count). The summed E-state index contributed by atoms with van der Waals surface area (Å²) in [5.41, 5.74) is 9.24. The van der Waals surface area contributed by atoms with E-state index in [1.165, 1.54) is 0 Å². The van der Waals surface area contributed by atoms with Gasteiger partial charge < -0.3 is 21.5 Å². The highest BCUT2D eigenvalue weighted by Crippen LogP contribution is 2.22. The molecule has 0 saturated heterocycles. The van der Waals surface area contributed by atoms with Crippen LogP contribution >= 0.6 is 0 Å². The van der Waals surface area contributed by atoms with Gasteiger partial charge in [0.1, 0.15) is 11.4 Å². The summed E-state index contributed by atoms with van der Waals surface area (Å²) in [5, 5.41) is 16.4. The second kappa shape index (κ2) is 9.36. The van der Waals surface area contributed by atoms with E-state index >= 15 is 0 Å². The van der Waals surface area contributed by atoms with Crippen molar-refractivity contribution in [3.05, 3.63) is 70.9 Å². The third-order valence-corrected chi connectivity index (χ3v) is 5.43. The molecule has 1 atom stereocenters. The van der Waals surface area contributed by atoms with Crippen LogP contribution in [0.3, 0.4) is 0 Å². The van der Waals surface area contributed by atoms with Gasteiger partial charge >= 0.3 is 0 Å².